The van der Waals surface area contributed by atoms with E-state index in [-0.39, 0.29) is 12.5 Å². The van der Waals surface area contributed by atoms with Crippen molar-refractivity contribution in [1.82, 2.24) is 4.57 Å². The van der Waals surface area contributed by atoms with Gasteiger partial charge in [0.05, 0.1) is 0 Å². The second-order valence-corrected chi connectivity index (χ2v) is 7.21. The number of imidazole rings is 1. The first kappa shape index (κ1) is 18.0. The van der Waals surface area contributed by atoms with Gasteiger partial charge in [0.15, 0.2) is 17.6 Å². The van der Waals surface area contributed by atoms with E-state index in [1.807, 2.05) is 60.3 Å². The van der Waals surface area contributed by atoms with E-state index in [1.165, 1.54) is 11.1 Å². The zero-order valence-corrected chi connectivity index (χ0v) is 16.2. The lowest BCUT2D eigenvalue weighted by Crippen LogP contribution is -2.33. The predicted molar refractivity (Wildman–Crippen MR) is 112 cm³/mol. The lowest BCUT2D eigenvalue weighted by molar-refractivity contribution is -0.663. The fourth-order valence-electron chi connectivity index (χ4n) is 3.57. The Hall–Kier alpha value is -3.40. The number of hydrogen-bond donors (Lipinski definition) is 1. The molecule has 4 rings (SSSR count). The maximum Gasteiger partial charge on any atom is 0.266 e. The lowest BCUT2D eigenvalue weighted by atomic mass is 10.1. The smallest absolute Gasteiger partial charge is 0.266 e. The van der Waals surface area contributed by atoms with Crippen molar-refractivity contribution in [2.45, 2.75) is 26.9 Å². The minimum atomic E-state index is -0.0282. The fourth-order valence-corrected chi connectivity index (χ4v) is 3.57. The molecule has 0 aliphatic heterocycles. The average molecular weight is 370 g/mol. The highest BCUT2D eigenvalue weighted by molar-refractivity contribution is 5.92. The van der Waals surface area contributed by atoms with E-state index in [2.05, 4.69) is 47.1 Å². The molecule has 140 valence electrons. The third-order valence-corrected chi connectivity index (χ3v) is 4.95. The first-order chi connectivity index (χ1) is 13.6. The summed E-state index contributed by atoms with van der Waals surface area (Å²) in [4.78, 5) is 12.7. The van der Waals surface area contributed by atoms with Gasteiger partial charge in [-0.2, -0.15) is 0 Å². The van der Waals surface area contributed by atoms with Gasteiger partial charge >= 0.3 is 0 Å². The Bertz CT molecular complexity index is 1130. The van der Waals surface area contributed by atoms with Crippen LogP contribution in [0.4, 0.5) is 5.69 Å². The summed E-state index contributed by atoms with van der Waals surface area (Å²) in [7, 11) is 0. The molecule has 1 aromatic heterocycles. The van der Waals surface area contributed by atoms with Gasteiger partial charge in [0.2, 0.25) is 6.33 Å². The Balaban J connectivity index is 1.59. The van der Waals surface area contributed by atoms with E-state index in [1.54, 1.807) is 0 Å². The van der Waals surface area contributed by atoms with Crippen LogP contribution in [-0.2, 0) is 17.9 Å². The minimum Gasteiger partial charge on any atom is -0.322 e. The van der Waals surface area contributed by atoms with Crippen molar-refractivity contribution in [3.8, 4) is 0 Å². The minimum absolute atomic E-state index is 0.0282. The number of amides is 1. The van der Waals surface area contributed by atoms with Gasteiger partial charge in [-0.1, -0.05) is 60.2 Å². The fraction of sp³-hybridized carbons (Fsp3) is 0.167. The van der Waals surface area contributed by atoms with Crippen LogP contribution in [0.15, 0.2) is 79.1 Å². The number of nitrogens with one attached hydrogen (secondary N) is 1. The summed E-state index contributed by atoms with van der Waals surface area (Å²) >= 11 is 0. The second kappa shape index (κ2) is 7.69. The van der Waals surface area contributed by atoms with Crippen LogP contribution in [0.1, 0.15) is 16.7 Å². The van der Waals surface area contributed by atoms with E-state index in [0.29, 0.717) is 0 Å². The molecular weight excluding hydrogens is 346 g/mol. The van der Waals surface area contributed by atoms with Crippen LogP contribution in [0.3, 0.4) is 0 Å². The van der Waals surface area contributed by atoms with Crippen molar-refractivity contribution >= 4 is 22.6 Å². The van der Waals surface area contributed by atoms with Crippen LogP contribution in [0.25, 0.3) is 11.0 Å². The van der Waals surface area contributed by atoms with Crippen molar-refractivity contribution < 1.29 is 9.36 Å². The molecule has 0 bridgehead atoms. The molecule has 4 nitrogen and oxygen atoms in total. The molecule has 0 aliphatic rings. The van der Waals surface area contributed by atoms with Crippen LogP contribution in [0.5, 0.6) is 0 Å². The molecule has 3 aromatic carbocycles. The van der Waals surface area contributed by atoms with Gasteiger partial charge in [-0.05, 0) is 43.2 Å². The van der Waals surface area contributed by atoms with Gasteiger partial charge in [-0.15, -0.1) is 0 Å². The van der Waals surface area contributed by atoms with Gasteiger partial charge in [0.1, 0.15) is 6.54 Å². The van der Waals surface area contributed by atoms with Crippen molar-refractivity contribution in [2.75, 3.05) is 5.32 Å². The zero-order chi connectivity index (χ0) is 19.5. The number of hydrogen-bond acceptors (Lipinski definition) is 1. The lowest BCUT2D eigenvalue weighted by Gasteiger charge is -2.08. The van der Waals surface area contributed by atoms with E-state index in [4.69, 9.17) is 0 Å². The molecule has 1 heterocycles. The number of aryl methyl sites for hydroxylation is 2. The van der Waals surface area contributed by atoms with Gasteiger partial charge in [0, 0.05) is 5.69 Å². The summed E-state index contributed by atoms with van der Waals surface area (Å²) in [5.74, 6) is -0.0282. The monoisotopic (exact) mass is 370 g/mol. The second-order valence-electron chi connectivity index (χ2n) is 7.21. The summed E-state index contributed by atoms with van der Waals surface area (Å²) in [6, 6.07) is 24.6. The number of aromatic nitrogens is 2. The highest BCUT2D eigenvalue weighted by Crippen LogP contribution is 2.17. The van der Waals surface area contributed by atoms with Crippen LogP contribution in [0.2, 0.25) is 0 Å². The molecule has 1 amide bonds. The number of nitrogens with zero attached hydrogens (tertiary/aromatic N) is 2. The Morgan fingerprint density at radius 2 is 1.71 bits per heavy atom. The molecule has 0 saturated carbocycles. The van der Waals surface area contributed by atoms with E-state index in [9.17, 15) is 4.79 Å². The normalized spacial score (nSPS) is 10.9. The number of para-hydroxylation sites is 2. The van der Waals surface area contributed by atoms with Crippen LogP contribution in [0, 0.1) is 13.8 Å². The number of anilines is 1. The maximum absolute atomic E-state index is 12.7. The van der Waals surface area contributed by atoms with E-state index in [0.717, 1.165) is 28.8 Å². The summed E-state index contributed by atoms with van der Waals surface area (Å²) < 4.78 is 4.20. The van der Waals surface area contributed by atoms with Crippen LogP contribution in [-0.4, -0.2) is 10.5 Å². The Morgan fingerprint density at radius 3 is 2.50 bits per heavy atom. The summed E-state index contributed by atoms with van der Waals surface area (Å²) in [5, 5.41) is 3.04. The molecule has 28 heavy (non-hydrogen) atoms. The number of rotatable bonds is 5. The van der Waals surface area contributed by atoms with E-state index < -0.39 is 0 Å². The summed E-state index contributed by atoms with van der Waals surface area (Å²) in [6.07, 6.45) is 2.03. The molecule has 4 aromatic rings. The largest absolute Gasteiger partial charge is 0.322 e. The van der Waals surface area contributed by atoms with Gasteiger partial charge < -0.3 is 5.32 Å². The quantitative estimate of drug-likeness (QED) is 0.525. The topological polar surface area (TPSA) is 37.9 Å². The van der Waals surface area contributed by atoms with Crippen LogP contribution >= 0.6 is 0 Å². The molecule has 0 unspecified atom stereocenters. The van der Waals surface area contributed by atoms with Crippen molar-refractivity contribution in [3.63, 3.8) is 0 Å². The molecule has 1 N–H and O–H groups in total. The predicted octanol–water partition coefficient (Wildman–Crippen LogP) is 4.23. The highest BCUT2D eigenvalue weighted by Gasteiger charge is 2.18. The number of fused-ring (bicyclic) bond motifs is 1. The van der Waals surface area contributed by atoms with Gasteiger partial charge in [-0.3, -0.25) is 4.79 Å². The first-order valence-corrected chi connectivity index (χ1v) is 9.48. The third-order valence-electron chi connectivity index (χ3n) is 4.95. The Kier molecular flexibility index (Phi) is 4.94. The molecule has 0 aliphatic carbocycles. The standard InChI is InChI=1S/C24H23N3O/c1-18-12-13-21(19(2)14-18)25-24(28)16-27-17-26(15-20-8-4-3-5-9-20)22-10-6-7-11-23(22)27/h3-14,17H,15-16H2,1-2H3/p+1. The van der Waals surface area contributed by atoms with Crippen molar-refractivity contribution in [3.05, 3.63) is 95.8 Å². The molecule has 0 radical (unpaired) electrons. The third kappa shape index (κ3) is 3.81. The average Bonchev–Trinajstić information content (AvgIpc) is 3.02. The summed E-state index contributed by atoms with van der Waals surface area (Å²) in [6.45, 7) is 5.11. The molecule has 0 fully saturated rings. The van der Waals surface area contributed by atoms with Gasteiger partial charge in [-0.25, -0.2) is 9.13 Å². The molecule has 4 heteroatoms. The molecule has 0 spiro atoms. The zero-order valence-electron chi connectivity index (χ0n) is 16.2. The van der Waals surface area contributed by atoms with Crippen molar-refractivity contribution in [1.29, 1.82) is 0 Å². The number of carbonyl (C=O) groups is 1. The molecule has 0 atom stereocenters. The Labute approximate surface area is 165 Å². The highest BCUT2D eigenvalue weighted by atomic mass is 16.1. The molecule has 0 saturated heterocycles. The first-order valence-electron chi connectivity index (χ1n) is 9.48. The van der Waals surface area contributed by atoms with E-state index >= 15 is 0 Å². The summed E-state index contributed by atoms with van der Waals surface area (Å²) in [5.41, 5.74) is 6.53. The molecular formula is C24H24N3O+. The maximum atomic E-state index is 12.7. The Morgan fingerprint density at radius 1 is 0.964 bits per heavy atom. The SMILES string of the molecule is Cc1ccc(NC(=O)Cn2c[n+](Cc3ccccc3)c3ccccc32)c(C)c1. The number of benzene rings is 3. The van der Waals surface area contributed by atoms with Crippen molar-refractivity contribution in [2.24, 2.45) is 0 Å². The van der Waals surface area contributed by atoms with Crippen LogP contribution < -0.4 is 9.88 Å². The number of carbonyl (C=O) groups excluding carboxylic acids is 1. The van der Waals surface area contributed by atoms with Gasteiger partial charge in [0.25, 0.3) is 5.91 Å².